The number of nitrogens with zero attached hydrogens (tertiary/aromatic N) is 2. The van der Waals surface area contributed by atoms with Crippen molar-refractivity contribution in [3.8, 4) is 0 Å². The van der Waals surface area contributed by atoms with E-state index >= 15 is 0 Å². The molecule has 2 aromatic rings. The Kier molecular flexibility index (Phi) is 5.33. The van der Waals surface area contributed by atoms with Gasteiger partial charge in [0, 0.05) is 6.54 Å². The van der Waals surface area contributed by atoms with Crippen LogP contribution in [0.1, 0.15) is 18.1 Å². The molecule has 1 unspecified atom stereocenters. The summed E-state index contributed by atoms with van der Waals surface area (Å²) in [6.45, 7) is 1.68. The van der Waals surface area contributed by atoms with E-state index in [-0.39, 0.29) is 35.9 Å². The van der Waals surface area contributed by atoms with Gasteiger partial charge in [0.25, 0.3) is 5.91 Å². The van der Waals surface area contributed by atoms with E-state index < -0.39 is 35.1 Å². The Morgan fingerprint density at radius 1 is 1.10 bits per heavy atom. The minimum atomic E-state index is -1.19. The third-order valence-corrected chi connectivity index (χ3v) is 5.00. The van der Waals surface area contributed by atoms with Crippen LogP contribution in [-0.2, 0) is 32.1 Å². The first-order valence-corrected chi connectivity index (χ1v) is 9.46. The number of fused-ring (bicyclic) bond motifs is 1. The van der Waals surface area contributed by atoms with E-state index in [1.165, 1.54) is 13.0 Å². The molecule has 0 spiro atoms. The van der Waals surface area contributed by atoms with Gasteiger partial charge >= 0.3 is 11.8 Å². The van der Waals surface area contributed by atoms with E-state index in [9.17, 15) is 23.2 Å². The van der Waals surface area contributed by atoms with Crippen LogP contribution in [0.3, 0.4) is 0 Å². The summed E-state index contributed by atoms with van der Waals surface area (Å²) < 4.78 is 32.1. The van der Waals surface area contributed by atoms with Crippen molar-refractivity contribution in [2.45, 2.75) is 19.9 Å². The number of hydrogen-bond acceptors (Lipinski definition) is 5. The molecule has 1 N–H and O–H groups in total. The molecule has 31 heavy (non-hydrogen) atoms. The lowest BCUT2D eigenvalue weighted by atomic mass is 9.88. The Balaban J connectivity index is 1.51. The summed E-state index contributed by atoms with van der Waals surface area (Å²) in [7, 11) is 0. The van der Waals surface area contributed by atoms with Gasteiger partial charge in [-0.05, 0) is 36.6 Å². The second kappa shape index (κ2) is 8.10. The molecule has 2 aliphatic rings. The van der Waals surface area contributed by atoms with Crippen molar-refractivity contribution in [2.24, 2.45) is 11.0 Å². The summed E-state index contributed by atoms with van der Waals surface area (Å²) in [5.41, 5.74) is 1.26. The van der Waals surface area contributed by atoms with Gasteiger partial charge in [0.1, 0.15) is 5.92 Å². The second-order valence-corrected chi connectivity index (χ2v) is 7.13. The van der Waals surface area contributed by atoms with E-state index in [2.05, 4.69) is 10.4 Å². The molecule has 9 heteroatoms. The van der Waals surface area contributed by atoms with Crippen molar-refractivity contribution in [3.63, 3.8) is 0 Å². The smallest absolute Gasteiger partial charge is 0.309 e. The highest BCUT2D eigenvalue weighted by Crippen LogP contribution is 2.31. The van der Waals surface area contributed by atoms with Gasteiger partial charge in [0.05, 0.1) is 5.57 Å². The second-order valence-electron chi connectivity index (χ2n) is 7.13. The number of hydrazone groups is 1. The Hall–Kier alpha value is -3.88. The predicted octanol–water partition coefficient (Wildman–Crippen LogP) is 2.43. The zero-order valence-electron chi connectivity index (χ0n) is 16.4. The molecule has 7 nitrogen and oxygen atoms in total. The zero-order chi connectivity index (χ0) is 22.1. The fraction of sp³-hybridized carbons (Fsp3) is 0.182. The topological polar surface area (TPSA) is 88.1 Å². The summed E-state index contributed by atoms with van der Waals surface area (Å²) in [5, 5.41) is 7.44. The number of Topliss-reactive ketones (excluding diaryl/α,β-unsaturated/α-hetero) is 1. The molecule has 4 rings (SSSR count). The molecule has 0 bridgehead atoms. The average Bonchev–Trinajstić information content (AvgIpc) is 3.23. The summed E-state index contributed by atoms with van der Waals surface area (Å²) in [4.78, 5) is 38.0. The van der Waals surface area contributed by atoms with E-state index in [0.29, 0.717) is 0 Å². The number of ketones is 1. The van der Waals surface area contributed by atoms with E-state index in [4.69, 9.17) is 4.74 Å². The number of hydrogen-bond donors (Lipinski definition) is 1. The number of carbonyl (C=O) groups excluding carboxylic acids is 3. The van der Waals surface area contributed by atoms with Crippen LogP contribution in [-0.4, -0.2) is 28.5 Å². The number of ether oxygens (including phenoxy) is 1. The normalized spacial score (nSPS) is 18.0. The van der Waals surface area contributed by atoms with Crippen molar-refractivity contribution in [3.05, 3.63) is 82.7 Å². The van der Waals surface area contributed by atoms with Crippen LogP contribution in [0.2, 0.25) is 0 Å². The van der Waals surface area contributed by atoms with Crippen LogP contribution in [0.15, 0.2) is 65.1 Å². The summed E-state index contributed by atoms with van der Waals surface area (Å²) in [6.07, 6.45) is -0.138. The molecule has 2 aliphatic heterocycles. The van der Waals surface area contributed by atoms with Gasteiger partial charge in [-0.1, -0.05) is 36.4 Å². The van der Waals surface area contributed by atoms with Crippen molar-refractivity contribution < 1.29 is 27.9 Å². The SMILES string of the molecule is CC1=C2OC(C(=O)NCc3ccccc3)=NN2C(=O)C(Cc2ccc(F)c(F)c2)C1=O. The maximum Gasteiger partial charge on any atom is 0.309 e. The van der Waals surface area contributed by atoms with E-state index in [1.807, 2.05) is 30.3 Å². The highest BCUT2D eigenvalue weighted by Gasteiger charge is 2.45. The quantitative estimate of drug-likeness (QED) is 0.746. The predicted molar refractivity (Wildman–Crippen MR) is 105 cm³/mol. The molecular weight excluding hydrogens is 408 g/mol. The third kappa shape index (κ3) is 3.94. The maximum atomic E-state index is 13.5. The van der Waals surface area contributed by atoms with Gasteiger partial charge in [-0.2, -0.15) is 5.01 Å². The number of allylic oxidation sites excluding steroid dienone is 1. The van der Waals surface area contributed by atoms with Crippen LogP contribution < -0.4 is 5.32 Å². The fourth-order valence-electron chi connectivity index (χ4n) is 3.33. The van der Waals surface area contributed by atoms with Crippen LogP contribution in [0.4, 0.5) is 8.78 Å². The van der Waals surface area contributed by atoms with Gasteiger partial charge in [-0.15, -0.1) is 5.10 Å². The number of halogens is 2. The molecule has 0 radical (unpaired) electrons. The van der Waals surface area contributed by atoms with Crippen molar-refractivity contribution in [1.82, 2.24) is 10.3 Å². The first kappa shape index (κ1) is 20.4. The lowest BCUT2D eigenvalue weighted by Crippen LogP contribution is -2.41. The average molecular weight is 425 g/mol. The number of nitrogens with one attached hydrogen (secondary N) is 1. The van der Waals surface area contributed by atoms with Gasteiger partial charge in [0.2, 0.25) is 5.88 Å². The molecule has 0 aliphatic carbocycles. The first-order chi connectivity index (χ1) is 14.8. The standard InChI is InChI=1S/C22H17F2N3O4/c1-12-18(28)15(9-14-7-8-16(23)17(24)10-14)21(30)27-22(12)31-20(26-27)19(29)25-11-13-5-3-2-4-6-13/h2-8,10,15H,9,11H2,1H3,(H,25,29). The van der Waals surface area contributed by atoms with E-state index in [1.54, 1.807) is 0 Å². The molecule has 158 valence electrons. The lowest BCUT2D eigenvalue weighted by molar-refractivity contribution is -0.141. The molecular formula is C22H17F2N3O4. The minimum Gasteiger partial charge on any atom is -0.414 e. The largest absolute Gasteiger partial charge is 0.414 e. The molecule has 2 amide bonds. The van der Waals surface area contributed by atoms with Crippen LogP contribution >= 0.6 is 0 Å². The first-order valence-electron chi connectivity index (χ1n) is 9.46. The molecule has 0 aromatic heterocycles. The van der Waals surface area contributed by atoms with Gasteiger partial charge in [0.15, 0.2) is 17.4 Å². The van der Waals surface area contributed by atoms with Gasteiger partial charge < -0.3 is 10.1 Å². The molecule has 1 atom stereocenters. The number of amides is 2. The van der Waals surface area contributed by atoms with Gasteiger partial charge in [-0.25, -0.2) is 8.78 Å². The Bertz CT molecular complexity index is 1140. The third-order valence-electron chi connectivity index (χ3n) is 5.00. The maximum absolute atomic E-state index is 13.5. The zero-order valence-corrected chi connectivity index (χ0v) is 16.4. The molecule has 0 fully saturated rings. The summed E-state index contributed by atoms with van der Waals surface area (Å²) >= 11 is 0. The number of carbonyl (C=O) groups is 3. The molecule has 2 aromatic carbocycles. The summed E-state index contributed by atoms with van der Waals surface area (Å²) in [6, 6.07) is 12.4. The number of rotatable bonds is 5. The van der Waals surface area contributed by atoms with Crippen molar-refractivity contribution in [1.29, 1.82) is 0 Å². The monoisotopic (exact) mass is 425 g/mol. The van der Waals surface area contributed by atoms with Crippen LogP contribution in [0.5, 0.6) is 0 Å². The van der Waals surface area contributed by atoms with Crippen LogP contribution in [0, 0.1) is 17.6 Å². The molecule has 2 heterocycles. The number of benzene rings is 2. The minimum absolute atomic E-state index is 0.113. The van der Waals surface area contributed by atoms with Gasteiger partial charge in [-0.3, -0.25) is 14.4 Å². The Morgan fingerprint density at radius 3 is 2.55 bits per heavy atom. The van der Waals surface area contributed by atoms with Crippen LogP contribution in [0.25, 0.3) is 0 Å². The Labute approximate surface area is 176 Å². The highest BCUT2D eigenvalue weighted by molar-refractivity contribution is 6.36. The Morgan fingerprint density at radius 2 is 1.84 bits per heavy atom. The van der Waals surface area contributed by atoms with Crippen molar-refractivity contribution in [2.75, 3.05) is 0 Å². The highest BCUT2D eigenvalue weighted by atomic mass is 19.2. The van der Waals surface area contributed by atoms with E-state index in [0.717, 1.165) is 22.7 Å². The lowest BCUT2D eigenvalue weighted by Gasteiger charge is -2.25. The molecule has 0 saturated carbocycles. The summed E-state index contributed by atoms with van der Waals surface area (Å²) in [5.74, 6) is -5.64. The fourth-order valence-corrected chi connectivity index (χ4v) is 3.33. The van der Waals surface area contributed by atoms with Crippen molar-refractivity contribution >= 4 is 23.5 Å². The molecule has 0 saturated heterocycles.